The van der Waals surface area contributed by atoms with Gasteiger partial charge in [-0.3, -0.25) is 4.79 Å². The number of carboxylic acid groups (broad SMARTS) is 1. The van der Waals surface area contributed by atoms with E-state index in [-0.39, 0.29) is 11.8 Å². The van der Waals surface area contributed by atoms with Crippen molar-refractivity contribution < 1.29 is 14.7 Å². The van der Waals surface area contributed by atoms with Gasteiger partial charge in [0.1, 0.15) is 0 Å². The molecule has 60 valence electrons. The SMILES string of the molecule is C=CC1CCN(C(=O)O)C1=O. The fourth-order valence-electron chi connectivity index (χ4n) is 1.11. The molecule has 1 saturated heterocycles. The fourth-order valence-corrected chi connectivity index (χ4v) is 1.11. The van der Waals surface area contributed by atoms with E-state index >= 15 is 0 Å². The number of rotatable bonds is 1. The molecular weight excluding hydrogens is 146 g/mol. The van der Waals surface area contributed by atoms with E-state index < -0.39 is 6.09 Å². The van der Waals surface area contributed by atoms with Crippen LogP contribution in [0.1, 0.15) is 6.42 Å². The first-order valence-electron chi connectivity index (χ1n) is 3.33. The van der Waals surface area contributed by atoms with E-state index in [4.69, 9.17) is 5.11 Å². The molecule has 1 heterocycles. The lowest BCUT2D eigenvalue weighted by Gasteiger charge is -2.07. The molecule has 1 N–H and O–H groups in total. The highest BCUT2D eigenvalue weighted by Crippen LogP contribution is 2.18. The van der Waals surface area contributed by atoms with Gasteiger partial charge < -0.3 is 5.11 Å². The molecule has 1 rings (SSSR count). The van der Waals surface area contributed by atoms with Crippen molar-refractivity contribution in [2.45, 2.75) is 6.42 Å². The molecule has 2 amide bonds. The third-order valence-electron chi connectivity index (χ3n) is 1.76. The van der Waals surface area contributed by atoms with Crippen LogP contribution in [0.3, 0.4) is 0 Å². The zero-order chi connectivity index (χ0) is 8.43. The predicted octanol–water partition coefficient (Wildman–Crippen LogP) is 0.699. The maximum absolute atomic E-state index is 11.1. The second kappa shape index (κ2) is 2.74. The lowest BCUT2D eigenvalue weighted by molar-refractivity contribution is -0.127. The Labute approximate surface area is 64.1 Å². The van der Waals surface area contributed by atoms with E-state index in [0.29, 0.717) is 13.0 Å². The Morgan fingerprint density at radius 1 is 1.82 bits per heavy atom. The Bertz CT molecular complexity index is 212. The van der Waals surface area contributed by atoms with Crippen LogP contribution in [0.4, 0.5) is 4.79 Å². The zero-order valence-electron chi connectivity index (χ0n) is 5.99. The zero-order valence-corrected chi connectivity index (χ0v) is 5.99. The third kappa shape index (κ3) is 1.24. The minimum atomic E-state index is -1.17. The summed E-state index contributed by atoms with van der Waals surface area (Å²) in [6.45, 7) is 3.74. The van der Waals surface area contributed by atoms with Crippen LogP contribution < -0.4 is 0 Å². The number of carbonyl (C=O) groups excluding carboxylic acids is 1. The van der Waals surface area contributed by atoms with Crippen molar-refractivity contribution in [1.82, 2.24) is 4.90 Å². The minimum absolute atomic E-state index is 0.296. The van der Waals surface area contributed by atoms with E-state index in [1.54, 1.807) is 0 Å². The molecule has 0 bridgehead atoms. The van der Waals surface area contributed by atoms with Crippen molar-refractivity contribution in [3.8, 4) is 0 Å². The Balaban J connectivity index is 2.70. The largest absolute Gasteiger partial charge is 0.465 e. The molecule has 0 aromatic rings. The van der Waals surface area contributed by atoms with Gasteiger partial charge in [0.2, 0.25) is 5.91 Å². The normalized spacial score (nSPS) is 23.8. The van der Waals surface area contributed by atoms with Gasteiger partial charge in [0.15, 0.2) is 0 Å². The average Bonchev–Trinajstić information content (AvgIpc) is 2.30. The first-order chi connectivity index (χ1) is 5.16. The van der Waals surface area contributed by atoms with E-state index in [9.17, 15) is 9.59 Å². The highest BCUT2D eigenvalue weighted by molar-refractivity contribution is 5.95. The van der Waals surface area contributed by atoms with Crippen molar-refractivity contribution in [3.63, 3.8) is 0 Å². The van der Waals surface area contributed by atoms with Crippen LogP contribution >= 0.6 is 0 Å². The first-order valence-corrected chi connectivity index (χ1v) is 3.33. The van der Waals surface area contributed by atoms with Crippen LogP contribution in [0.25, 0.3) is 0 Å². The summed E-state index contributed by atoms with van der Waals surface area (Å²) in [5.41, 5.74) is 0. The van der Waals surface area contributed by atoms with Gasteiger partial charge in [-0.05, 0) is 6.42 Å². The highest BCUT2D eigenvalue weighted by Gasteiger charge is 2.33. The summed E-state index contributed by atoms with van der Waals surface area (Å²) >= 11 is 0. The highest BCUT2D eigenvalue weighted by atomic mass is 16.4. The summed E-state index contributed by atoms with van der Waals surface area (Å²) in [6.07, 6.45) is 0.888. The second-order valence-electron chi connectivity index (χ2n) is 2.40. The third-order valence-corrected chi connectivity index (χ3v) is 1.76. The van der Waals surface area contributed by atoms with Crippen molar-refractivity contribution in [3.05, 3.63) is 12.7 Å². The average molecular weight is 155 g/mol. The molecule has 1 aliphatic rings. The molecule has 1 fully saturated rings. The molecule has 0 radical (unpaired) electrons. The van der Waals surface area contributed by atoms with Crippen molar-refractivity contribution in [2.75, 3.05) is 6.54 Å². The van der Waals surface area contributed by atoms with Crippen LogP contribution in [0.5, 0.6) is 0 Å². The molecule has 4 nitrogen and oxygen atoms in total. The second-order valence-corrected chi connectivity index (χ2v) is 2.40. The molecule has 1 atom stereocenters. The summed E-state index contributed by atoms with van der Waals surface area (Å²) < 4.78 is 0. The standard InChI is InChI=1S/C7H9NO3/c1-2-5-3-4-8(6(5)9)7(10)11/h2,5H,1,3-4H2,(H,10,11). The number of carbonyl (C=O) groups is 2. The fraction of sp³-hybridized carbons (Fsp3) is 0.429. The van der Waals surface area contributed by atoms with Gasteiger partial charge in [-0.25, -0.2) is 9.69 Å². The van der Waals surface area contributed by atoms with Gasteiger partial charge in [0.05, 0.1) is 5.92 Å². The van der Waals surface area contributed by atoms with Crippen LogP contribution in [-0.2, 0) is 4.79 Å². The predicted molar refractivity (Wildman–Crippen MR) is 38.0 cm³/mol. The quantitative estimate of drug-likeness (QED) is 0.567. The molecule has 0 spiro atoms. The monoisotopic (exact) mass is 155 g/mol. The van der Waals surface area contributed by atoms with Crippen LogP contribution in [-0.4, -0.2) is 28.6 Å². The Hall–Kier alpha value is -1.32. The number of amides is 2. The molecule has 1 aliphatic heterocycles. The number of hydrogen-bond donors (Lipinski definition) is 1. The van der Waals surface area contributed by atoms with Crippen LogP contribution in [0, 0.1) is 5.92 Å². The molecular formula is C7H9NO3. The Morgan fingerprint density at radius 2 is 2.45 bits per heavy atom. The Morgan fingerprint density at radius 3 is 2.73 bits per heavy atom. The topological polar surface area (TPSA) is 57.6 Å². The van der Waals surface area contributed by atoms with Crippen molar-refractivity contribution >= 4 is 12.0 Å². The molecule has 11 heavy (non-hydrogen) atoms. The summed E-state index contributed by atoms with van der Waals surface area (Å²) in [5.74, 6) is -0.654. The van der Waals surface area contributed by atoms with E-state index in [1.165, 1.54) is 6.08 Å². The number of imide groups is 1. The maximum Gasteiger partial charge on any atom is 0.414 e. The minimum Gasteiger partial charge on any atom is -0.465 e. The van der Waals surface area contributed by atoms with E-state index in [2.05, 4.69) is 6.58 Å². The van der Waals surface area contributed by atoms with Gasteiger partial charge in [-0.1, -0.05) is 6.08 Å². The summed E-state index contributed by atoms with van der Waals surface area (Å²) in [4.78, 5) is 22.2. The van der Waals surface area contributed by atoms with Gasteiger partial charge in [-0.2, -0.15) is 0 Å². The first kappa shape index (κ1) is 7.78. The molecule has 0 aliphatic carbocycles. The molecule has 0 saturated carbocycles. The molecule has 4 heteroatoms. The van der Waals surface area contributed by atoms with Gasteiger partial charge in [0, 0.05) is 6.54 Å². The molecule has 0 aromatic heterocycles. The van der Waals surface area contributed by atoms with E-state index in [1.807, 2.05) is 0 Å². The van der Waals surface area contributed by atoms with Gasteiger partial charge in [-0.15, -0.1) is 6.58 Å². The smallest absolute Gasteiger partial charge is 0.414 e. The van der Waals surface area contributed by atoms with Gasteiger partial charge in [0.25, 0.3) is 0 Å². The van der Waals surface area contributed by atoms with Crippen LogP contribution in [0.15, 0.2) is 12.7 Å². The lowest BCUT2D eigenvalue weighted by Crippen LogP contribution is -2.31. The van der Waals surface area contributed by atoms with Crippen molar-refractivity contribution in [2.24, 2.45) is 5.92 Å². The molecule has 1 unspecified atom stereocenters. The maximum atomic E-state index is 11.1. The number of hydrogen-bond acceptors (Lipinski definition) is 2. The summed E-state index contributed by atoms with van der Waals surface area (Å²) in [6, 6.07) is 0. The summed E-state index contributed by atoms with van der Waals surface area (Å²) in [7, 11) is 0. The lowest BCUT2D eigenvalue weighted by atomic mass is 10.1. The number of nitrogens with zero attached hydrogens (tertiary/aromatic N) is 1. The number of likely N-dealkylation sites (tertiary alicyclic amines) is 1. The Kier molecular flexibility index (Phi) is 1.94. The van der Waals surface area contributed by atoms with Crippen molar-refractivity contribution in [1.29, 1.82) is 0 Å². The molecule has 0 aromatic carbocycles. The van der Waals surface area contributed by atoms with Crippen LogP contribution in [0.2, 0.25) is 0 Å². The summed E-state index contributed by atoms with van der Waals surface area (Å²) in [5, 5.41) is 8.47. The van der Waals surface area contributed by atoms with Gasteiger partial charge >= 0.3 is 6.09 Å². The van der Waals surface area contributed by atoms with E-state index in [0.717, 1.165) is 4.90 Å².